The molecule has 1 saturated heterocycles. The highest BCUT2D eigenvalue weighted by molar-refractivity contribution is 7.89. The molecule has 1 aliphatic heterocycles. The van der Waals surface area contributed by atoms with Gasteiger partial charge in [-0.2, -0.15) is 4.98 Å². The van der Waals surface area contributed by atoms with Crippen LogP contribution in [0, 0.1) is 0 Å². The van der Waals surface area contributed by atoms with Crippen molar-refractivity contribution in [2.24, 2.45) is 5.14 Å². The van der Waals surface area contributed by atoms with E-state index in [2.05, 4.69) is 40.9 Å². The first-order valence-corrected chi connectivity index (χ1v) is 12.1. The summed E-state index contributed by atoms with van der Waals surface area (Å²) >= 11 is 0. The van der Waals surface area contributed by atoms with E-state index < -0.39 is 10.0 Å². The van der Waals surface area contributed by atoms with E-state index >= 15 is 0 Å². The van der Waals surface area contributed by atoms with E-state index in [-0.39, 0.29) is 4.90 Å². The van der Waals surface area contributed by atoms with Crippen LogP contribution in [0.25, 0.3) is 22.4 Å². The largest absolute Gasteiger partial charge is 0.367 e. The number of benzene rings is 1. The number of nitrogens with zero attached hydrogens (tertiary/aromatic N) is 3. The van der Waals surface area contributed by atoms with Gasteiger partial charge >= 0.3 is 11.6 Å². The molecule has 0 unspecified atom stereocenters. The van der Waals surface area contributed by atoms with Crippen LogP contribution < -0.4 is 26.1 Å². The van der Waals surface area contributed by atoms with Gasteiger partial charge in [-0.15, -0.1) is 0 Å². The predicted molar refractivity (Wildman–Crippen MR) is 124 cm³/mol. The molecular formula is C21H24N9O2S+. The summed E-state index contributed by atoms with van der Waals surface area (Å²) in [6, 6.07) is 10.4. The first kappa shape index (κ1) is 21.2. The van der Waals surface area contributed by atoms with Crippen LogP contribution in [0.2, 0.25) is 0 Å². The Balaban J connectivity index is 1.41. The van der Waals surface area contributed by atoms with Crippen LogP contribution in [0.15, 0.2) is 53.8 Å². The van der Waals surface area contributed by atoms with Gasteiger partial charge in [0.1, 0.15) is 11.5 Å². The van der Waals surface area contributed by atoms with Gasteiger partial charge in [0, 0.05) is 23.5 Å². The van der Waals surface area contributed by atoms with Gasteiger partial charge in [-0.1, -0.05) is 4.98 Å². The van der Waals surface area contributed by atoms with E-state index in [9.17, 15) is 8.42 Å². The Labute approximate surface area is 190 Å². The number of fused-ring (bicyclic) bond motifs is 1. The second-order valence-corrected chi connectivity index (χ2v) is 9.41. The minimum absolute atomic E-state index is 0.0355. The Morgan fingerprint density at radius 1 is 1.06 bits per heavy atom. The maximum absolute atomic E-state index is 11.5. The maximum Gasteiger partial charge on any atom is 0.305 e. The van der Waals surface area contributed by atoms with Crippen LogP contribution in [0.4, 0.5) is 17.5 Å². The standard InChI is InChI=1S/C21H23N9O2S/c22-33(31,32)16-4-2-14(3-5-16)28-21-29-18(19-20(30-21)26-12-25-19)13-1-6-17(24-11-13)27-15-7-9-23-10-8-15/h1-6,11-12,15,23H,7-10H2,(H,24,27)(H2,22,31,32)(H2,25,26,28,29,30)/p+1. The minimum atomic E-state index is -3.75. The third kappa shape index (κ3) is 4.77. The smallest absolute Gasteiger partial charge is 0.305 e. The first-order valence-electron chi connectivity index (χ1n) is 10.6. The third-order valence-corrected chi connectivity index (χ3v) is 6.43. The Bertz CT molecular complexity index is 1360. The lowest BCUT2D eigenvalue weighted by atomic mass is 10.1. The van der Waals surface area contributed by atoms with Crippen molar-refractivity contribution in [3.8, 4) is 11.3 Å². The van der Waals surface area contributed by atoms with Gasteiger partial charge < -0.3 is 16.0 Å². The van der Waals surface area contributed by atoms with Crippen LogP contribution in [0.1, 0.15) is 12.8 Å². The van der Waals surface area contributed by atoms with Gasteiger partial charge in [-0.05, 0) is 62.3 Å². The Morgan fingerprint density at radius 2 is 1.85 bits per heavy atom. The summed E-state index contributed by atoms with van der Waals surface area (Å²) in [5.74, 6) is 1.19. The fourth-order valence-corrected chi connectivity index (χ4v) is 4.31. The number of sulfonamides is 1. The number of aromatic amines is 2. The Kier molecular flexibility index (Phi) is 5.62. The van der Waals surface area contributed by atoms with E-state index in [4.69, 9.17) is 5.14 Å². The van der Waals surface area contributed by atoms with Crippen LogP contribution in [0.5, 0.6) is 0 Å². The van der Waals surface area contributed by atoms with Gasteiger partial charge in [0.15, 0.2) is 11.8 Å². The normalized spacial score (nSPS) is 14.9. The molecule has 1 fully saturated rings. The molecule has 33 heavy (non-hydrogen) atoms. The molecule has 170 valence electrons. The van der Waals surface area contributed by atoms with Gasteiger partial charge in [0.2, 0.25) is 10.0 Å². The molecule has 5 rings (SSSR count). The van der Waals surface area contributed by atoms with Crippen molar-refractivity contribution in [2.75, 3.05) is 23.7 Å². The molecule has 1 aromatic carbocycles. The lowest BCUT2D eigenvalue weighted by Crippen LogP contribution is -2.35. The highest BCUT2D eigenvalue weighted by atomic mass is 32.2. The number of anilines is 3. The number of nitrogens with one attached hydrogen (secondary N) is 5. The number of hydrogen-bond donors (Lipinski definition) is 5. The van der Waals surface area contributed by atoms with Gasteiger partial charge in [-0.25, -0.2) is 23.5 Å². The maximum atomic E-state index is 11.5. The lowest BCUT2D eigenvalue weighted by Gasteiger charge is -2.24. The molecule has 0 aliphatic carbocycles. The summed E-state index contributed by atoms with van der Waals surface area (Å²) in [5.41, 5.74) is 3.53. The van der Waals surface area contributed by atoms with E-state index in [1.807, 2.05) is 12.1 Å². The summed E-state index contributed by atoms with van der Waals surface area (Å²) in [5, 5.41) is 15.1. The molecule has 11 nitrogen and oxygen atoms in total. The molecule has 0 amide bonds. The second-order valence-electron chi connectivity index (χ2n) is 7.85. The molecule has 1 aliphatic rings. The fourth-order valence-electron chi connectivity index (χ4n) is 3.80. The number of piperidine rings is 1. The first-order chi connectivity index (χ1) is 16.0. The SMILES string of the molecule is NS(=O)(=O)c1ccc(Nc2nc(-c3ccc(NC4CCNCC4)nc3)c3[nH]c[nH+]c3n2)cc1. The highest BCUT2D eigenvalue weighted by Gasteiger charge is 2.19. The van der Waals surface area contributed by atoms with E-state index in [1.54, 1.807) is 24.7 Å². The van der Waals surface area contributed by atoms with Crippen molar-refractivity contribution in [1.82, 2.24) is 25.3 Å². The van der Waals surface area contributed by atoms with Crippen LogP contribution in [0.3, 0.4) is 0 Å². The predicted octanol–water partition coefficient (Wildman–Crippen LogP) is 1.39. The molecule has 0 radical (unpaired) electrons. The topological polar surface area (TPSA) is 165 Å². The second kappa shape index (κ2) is 8.73. The van der Waals surface area contributed by atoms with Gasteiger partial charge in [0.05, 0.1) is 4.90 Å². The minimum Gasteiger partial charge on any atom is -0.367 e. The molecule has 0 atom stereocenters. The highest BCUT2D eigenvalue weighted by Crippen LogP contribution is 2.26. The van der Waals surface area contributed by atoms with Gasteiger partial charge in [0.25, 0.3) is 0 Å². The molecule has 0 spiro atoms. The van der Waals surface area contributed by atoms with Crippen molar-refractivity contribution in [3.05, 3.63) is 48.9 Å². The van der Waals surface area contributed by atoms with Crippen molar-refractivity contribution in [2.45, 2.75) is 23.8 Å². The third-order valence-electron chi connectivity index (χ3n) is 5.50. The zero-order chi connectivity index (χ0) is 22.8. The van der Waals surface area contributed by atoms with Crippen LogP contribution in [-0.2, 0) is 10.0 Å². The van der Waals surface area contributed by atoms with Gasteiger partial charge in [-0.3, -0.25) is 4.98 Å². The van der Waals surface area contributed by atoms with E-state index in [0.29, 0.717) is 29.0 Å². The number of rotatable bonds is 6. The average molecular weight is 467 g/mol. The number of H-pyrrole nitrogens is 2. The van der Waals surface area contributed by atoms with Crippen molar-refractivity contribution in [3.63, 3.8) is 0 Å². The monoisotopic (exact) mass is 466 g/mol. The average Bonchev–Trinajstić information content (AvgIpc) is 3.28. The Hall–Kier alpha value is -3.61. The number of aromatic nitrogens is 5. The lowest BCUT2D eigenvalue weighted by molar-refractivity contribution is -0.347. The Morgan fingerprint density at radius 3 is 2.55 bits per heavy atom. The quantitative estimate of drug-likeness (QED) is 0.284. The van der Waals surface area contributed by atoms with Crippen molar-refractivity contribution >= 4 is 38.6 Å². The number of pyridine rings is 1. The zero-order valence-electron chi connectivity index (χ0n) is 17.7. The molecular weight excluding hydrogens is 442 g/mol. The van der Waals surface area contributed by atoms with E-state index in [0.717, 1.165) is 42.8 Å². The molecule has 0 saturated carbocycles. The van der Waals surface area contributed by atoms with Crippen LogP contribution >= 0.6 is 0 Å². The van der Waals surface area contributed by atoms with Crippen molar-refractivity contribution < 1.29 is 13.4 Å². The molecule has 4 aromatic rings. The fraction of sp³-hybridized carbons (Fsp3) is 0.238. The van der Waals surface area contributed by atoms with E-state index in [1.165, 1.54) is 12.1 Å². The summed E-state index contributed by atoms with van der Waals surface area (Å²) in [4.78, 5) is 20.0. The molecule has 12 heteroatoms. The molecule has 4 heterocycles. The number of nitrogens with two attached hydrogens (primary N) is 1. The number of imidazole rings is 1. The summed E-state index contributed by atoms with van der Waals surface area (Å²) in [6.07, 6.45) is 5.62. The van der Waals surface area contributed by atoms with Crippen molar-refractivity contribution in [1.29, 1.82) is 0 Å². The summed E-state index contributed by atoms with van der Waals surface area (Å²) in [6.45, 7) is 2.02. The molecule has 0 bridgehead atoms. The molecule has 7 N–H and O–H groups in total. The number of hydrogen-bond acceptors (Lipinski definition) is 8. The summed E-state index contributed by atoms with van der Waals surface area (Å²) < 4.78 is 22.9. The summed E-state index contributed by atoms with van der Waals surface area (Å²) in [7, 11) is -3.75. The number of primary sulfonamides is 1. The van der Waals surface area contributed by atoms with Crippen LogP contribution in [-0.4, -0.2) is 47.5 Å². The molecule has 3 aromatic heterocycles. The zero-order valence-corrected chi connectivity index (χ0v) is 18.5.